The highest BCUT2D eigenvalue weighted by Crippen LogP contribution is 2.24. The Morgan fingerprint density at radius 2 is 2.14 bits per heavy atom. The van der Waals surface area contributed by atoms with Gasteiger partial charge in [-0.3, -0.25) is 4.79 Å². The number of hydrogen-bond donors (Lipinski definition) is 2. The number of amides is 1. The first-order valence-corrected chi connectivity index (χ1v) is 7.44. The van der Waals surface area contributed by atoms with Gasteiger partial charge in [0.25, 0.3) is 5.91 Å². The van der Waals surface area contributed by atoms with Crippen LogP contribution in [-0.4, -0.2) is 31.3 Å². The normalized spacial score (nSPS) is 22.0. The molecule has 1 aromatic rings. The molecule has 1 aliphatic rings. The van der Waals surface area contributed by atoms with E-state index in [2.05, 4.69) is 19.2 Å². The number of anilines is 1. The van der Waals surface area contributed by atoms with Crippen molar-refractivity contribution in [2.75, 3.05) is 18.5 Å². The van der Waals surface area contributed by atoms with Crippen molar-refractivity contribution in [3.8, 4) is 5.75 Å². The number of carbonyl (C=O) groups is 1. The lowest BCUT2D eigenvalue weighted by Crippen LogP contribution is -2.36. The molecule has 5 nitrogen and oxygen atoms in total. The van der Waals surface area contributed by atoms with E-state index in [1.165, 1.54) is 0 Å². The smallest absolute Gasteiger partial charge is 0.255 e. The van der Waals surface area contributed by atoms with E-state index in [4.69, 9.17) is 15.2 Å². The van der Waals surface area contributed by atoms with Crippen molar-refractivity contribution in [2.24, 2.45) is 11.7 Å². The van der Waals surface area contributed by atoms with Gasteiger partial charge in [-0.25, -0.2) is 0 Å². The Morgan fingerprint density at radius 3 is 2.76 bits per heavy atom. The van der Waals surface area contributed by atoms with Gasteiger partial charge in [0, 0.05) is 18.3 Å². The Balaban J connectivity index is 1.86. The van der Waals surface area contributed by atoms with Gasteiger partial charge in [-0.1, -0.05) is 13.8 Å². The molecule has 0 spiro atoms. The molecule has 1 heterocycles. The fourth-order valence-corrected chi connectivity index (χ4v) is 2.46. The van der Waals surface area contributed by atoms with E-state index in [1.54, 1.807) is 0 Å². The summed E-state index contributed by atoms with van der Waals surface area (Å²) in [5, 5.41) is 3.53. The Labute approximate surface area is 125 Å². The molecular weight excluding hydrogens is 268 g/mol. The fourth-order valence-electron chi connectivity index (χ4n) is 2.46. The highest BCUT2D eigenvalue weighted by atomic mass is 16.5. The minimum atomic E-state index is -0.473. The topological polar surface area (TPSA) is 73.6 Å². The molecule has 5 heteroatoms. The van der Waals surface area contributed by atoms with Gasteiger partial charge in [0.15, 0.2) is 6.61 Å². The van der Waals surface area contributed by atoms with Crippen molar-refractivity contribution in [3.63, 3.8) is 0 Å². The first kappa shape index (κ1) is 15.6. The second-order valence-electron chi connectivity index (χ2n) is 5.80. The molecule has 0 aromatic heterocycles. The highest BCUT2D eigenvalue weighted by Gasteiger charge is 2.24. The lowest BCUT2D eigenvalue weighted by Gasteiger charge is -2.33. The lowest BCUT2D eigenvalue weighted by molar-refractivity contribution is -0.119. The van der Waals surface area contributed by atoms with E-state index < -0.39 is 5.91 Å². The van der Waals surface area contributed by atoms with Crippen molar-refractivity contribution in [1.82, 2.24) is 0 Å². The first-order valence-electron chi connectivity index (χ1n) is 7.44. The van der Waals surface area contributed by atoms with Gasteiger partial charge in [-0.2, -0.15) is 0 Å². The zero-order valence-electron chi connectivity index (χ0n) is 12.7. The zero-order valence-corrected chi connectivity index (χ0v) is 12.7. The lowest BCUT2D eigenvalue weighted by atomic mass is 9.95. The number of hydrogen-bond acceptors (Lipinski definition) is 4. The molecule has 2 atom stereocenters. The Hall–Kier alpha value is -1.75. The molecule has 116 valence electrons. The average Bonchev–Trinajstić information content (AvgIpc) is 2.47. The number of ether oxygens (including phenoxy) is 2. The van der Waals surface area contributed by atoms with E-state index in [0.717, 1.165) is 25.1 Å². The highest BCUT2D eigenvalue weighted by molar-refractivity contribution is 5.75. The number of nitrogens with two attached hydrogens (primary N) is 1. The number of primary amides is 1. The summed E-state index contributed by atoms with van der Waals surface area (Å²) in [4.78, 5) is 10.7. The van der Waals surface area contributed by atoms with Crippen LogP contribution < -0.4 is 15.8 Å². The molecule has 0 radical (unpaired) electrons. The van der Waals surface area contributed by atoms with Crippen LogP contribution in [0.2, 0.25) is 0 Å². The third-order valence-electron chi connectivity index (χ3n) is 3.66. The number of nitrogens with one attached hydrogen (secondary N) is 1. The largest absolute Gasteiger partial charge is 0.484 e. The molecule has 1 amide bonds. The van der Waals surface area contributed by atoms with E-state index in [9.17, 15) is 4.79 Å². The summed E-state index contributed by atoms with van der Waals surface area (Å²) in [5.41, 5.74) is 6.09. The summed E-state index contributed by atoms with van der Waals surface area (Å²) >= 11 is 0. The van der Waals surface area contributed by atoms with Crippen molar-refractivity contribution in [2.45, 2.75) is 38.8 Å². The molecule has 21 heavy (non-hydrogen) atoms. The van der Waals surface area contributed by atoms with Gasteiger partial charge >= 0.3 is 0 Å². The fraction of sp³-hybridized carbons (Fsp3) is 0.562. The summed E-state index contributed by atoms with van der Waals surface area (Å²) in [7, 11) is 0. The summed E-state index contributed by atoms with van der Waals surface area (Å²) in [6.07, 6.45) is 2.37. The molecule has 1 aliphatic heterocycles. The summed E-state index contributed by atoms with van der Waals surface area (Å²) < 4.78 is 11.0. The average molecular weight is 292 g/mol. The van der Waals surface area contributed by atoms with Crippen molar-refractivity contribution < 1.29 is 14.3 Å². The minimum Gasteiger partial charge on any atom is -0.484 e. The molecule has 1 fully saturated rings. The minimum absolute atomic E-state index is 0.0944. The Bertz CT molecular complexity index is 459. The van der Waals surface area contributed by atoms with E-state index >= 15 is 0 Å². The van der Waals surface area contributed by atoms with Crippen LogP contribution in [0.5, 0.6) is 5.75 Å². The molecule has 0 bridgehead atoms. The third kappa shape index (κ3) is 4.93. The summed E-state index contributed by atoms with van der Waals surface area (Å²) in [6.45, 7) is 5.10. The second-order valence-corrected chi connectivity index (χ2v) is 5.80. The van der Waals surface area contributed by atoms with Crippen LogP contribution in [0.1, 0.15) is 26.7 Å². The maximum Gasteiger partial charge on any atom is 0.255 e. The van der Waals surface area contributed by atoms with Gasteiger partial charge in [-0.05, 0) is 43.0 Å². The van der Waals surface area contributed by atoms with Gasteiger partial charge in [0.05, 0.1) is 6.10 Å². The monoisotopic (exact) mass is 292 g/mol. The molecule has 2 unspecified atom stereocenters. The molecule has 3 N–H and O–H groups in total. The Morgan fingerprint density at radius 1 is 1.43 bits per heavy atom. The van der Waals surface area contributed by atoms with E-state index in [1.807, 2.05) is 24.3 Å². The maximum absolute atomic E-state index is 10.7. The van der Waals surface area contributed by atoms with Gasteiger partial charge < -0.3 is 20.5 Å². The number of benzene rings is 1. The molecule has 0 saturated carbocycles. The van der Waals surface area contributed by atoms with Gasteiger partial charge in [0.1, 0.15) is 5.75 Å². The predicted octanol–water partition coefficient (Wildman–Crippen LogP) is 2.17. The first-order chi connectivity index (χ1) is 10.0. The van der Waals surface area contributed by atoms with Crippen LogP contribution in [0.3, 0.4) is 0 Å². The molecule has 1 saturated heterocycles. The standard InChI is InChI=1S/C16H24N2O3/c1-11(2)15-9-13(7-8-20-15)18-12-3-5-14(6-4-12)21-10-16(17)19/h3-6,11,13,15,18H,7-10H2,1-2H3,(H2,17,19). The van der Waals surface area contributed by atoms with Crippen LogP contribution in [0, 0.1) is 5.92 Å². The Kier molecular flexibility index (Phi) is 5.44. The quantitative estimate of drug-likeness (QED) is 0.842. The molecule has 1 aromatic carbocycles. The van der Waals surface area contributed by atoms with E-state index in [-0.39, 0.29) is 6.61 Å². The van der Waals surface area contributed by atoms with Gasteiger partial charge in [-0.15, -0.1) is 0 Å². The number of carbonyl (C=O) groups excluding carboxylic acids is 1. The van der Waals surface area contributed by atoms with Crippen LogP contribution in [0.15, 0.2) is 24.3 Å². The molecular formula is C16H24N2O3. The van der Waals surface area contributed by atoms with Gasteiger partial charge in [0.2, 0.25) is 0 Å². The van der Waals surface area contributed by atoms with Crippen molar-refractivity contribution in [1.29, 1.82) is 0 Å². The summed E-state index contributed by atoms with van der Waals surface area (Å²) in [6, 6.07) is 8.02. The number of rotatable bonds is 6. The third-order valence-corrected chi connectivity index (χ3v) is 3.66. The summed E-state index contributed by atoms with van der Waals surface area (Å²) in [5.74, 6) is 0.713. The maximum atomic E-state index is 10.7. The van der Waals surface area contributed by atoms with Crippen LogP contribution >= 0.6 is 0 Å². The second kappa shape index (κ2) is 7.31. The zero-order chi connectivity index (χ0) is 15.2. The molecule has 0 aliphatic carbocycles. The SMILES string of the molecule is CC(C)C1CC(Nc2ccc(OCC(N)=O)cc2)CCO1. The van der Waals surface area contributed by atoms with Crippen LogP contribution in [-0.2, 0) is 9.53 Å². The van der Waals surface area contributed by atoms with E-state index in [0.29, 0.717) is 23.8 Å². The predicted molar refractivity (Wildman–Crippen MR) is 82.4 cm³/mol. The van der Waals surface area contributed by atoms with Crippen LogP contribution in [0.25, 0.3) is 0 Å². The van der Waals surface area contributed by atoms with Crippen molar-refractivity contribution >= 4 is 11.6 Å². The van der Waals surface area contributed by atoms with Crippen molar-refractivity contribution in [3.05, 3.63) is 24.3 Å². The molecule has 2 rings (SSSR count). The van der Waals surface area contributed by atoms with Crippen LogP contribution in [0.4, 0.5) is 5.69 Å².